The maximum absolute atomic E-state index is 13.0. The van der Waals surface area contributed by atoms with Crippen LogP contribution in [0.1, 0.15) is 27.2 Å². The van der Waals surface area contributed by atoms with Crippen LogP contribution in [0, 0.1) is 6.92 Å². The van der Waals surface area contributed by atoms with Crippen LogP contribution >= 0.6 is 11.3 Å². The van der Waals surface area contributed by atoms with Crippen LogP contribution in [-0.4, -0.2) is 27.3 Å². The summed E-state index contributed by atoms with van der Waals surface area (Å²) < 4.78 is 0. The van der Waals surface area contributed by atoms with Crippen molar-refractivity contribution in [2.24, 2.45) is 0 Å². The van der Waals surface area contributed by atoms with Gasteiger partial charge in [-0.3, -0.25) is 9.78 Å². The van der Waals surface area contributed by atoms with Crippen molar-refractivity contribution in [2.45, 2.75) is 19.9 Å². The van der Waals surface area contributed by atoms with Crippen molar-refractivity contribution in [1.82, 2.24) is 14.9 Å². The lowest BCUT2D eigenvalue weighted by atomic mass is 10.1. The highest BCUT2D eigenvalue weighted by molar-refractivity contribution is 7.07. The lowest BCUT2D eigenvalue weighted by Crippen LogP contribution is -2.32. The number of hydrogen-bond acceptors (Lipinski definition) is 4. The molecule has 24 heavy (non-hydrogen) atoms. The minimum atomic E-state index is 0.0470. The third-order valence-electron chi connectivity index (χ3n) is 3.80. The van der Waals surface area contributed by atoms with E-state index in [0.29, 0.717) is 13.1 Å². The van der Waals surface area contributed by atoms with E-state index in [0.717, 1.165) is 28.8 Å². The highest BCUT2D eigenvalue weighted by Crippen LogP contribution is 2.13. The summed E-state index contributed by atoms with van der Waals surface area (Å²) in [5.41, 5.74) is 5.73. The number of carbonyl (C=O) groups excluding carboxylic acids is 1. The standard InChI is InChI=1S/C19H19N3OS/c1-15-3-2-4-17(11-15)19(23)22(10-7-18-13-24-14-21-18)12-16-5-8-20-9-6-16/h2-6,8-9,11,13-14H,7,10,12H2,1H3. The number of aryl methyl sites for hydroxylation is 1. The molecular weight excluding hydrogens is 318 g/mol. The number of amides is 1. The second kappa shape index (κ2) is 7.84. The van der Waals surface area contributed by atoms with Crippen LogP contribution in [-0.2, 0) is 13.0 Å². The van der Waals surface area contributed by atoms with Gasteiger partial charge in [0, 0.05) is 42.8 Å². The molecule has 1 amide bonds. The van der Waals surface area contributed by atoms with Gasteiger partial charge in [-0.2, -0.15) is 0 Å². The second-order valence-corrected chi connectivity index (χ2v) is 6.40. The normalized spacial score (nSPS) is 10.5. The summed E-state index contributed by atoms with van der Waals surface area (Å²) in [5.74, 6) is 0.0470. The number of aromatic nitrogens is 2. The third kappa shape index (κ3) is 4.26. The largest absolute Gasteiger partial charge is 0.334 e. The summed E-state index contributed by atoms with van der Waals surface area (Å²) in [7, 11) is 0. The topological polar surface area (TPSA) is 46.1 Å². The second-order valence-electron chi connectivity index (χ2n) is 5.68. The van der Waals surface area contributed by atoms with E-state index in [2.05, 4.69) is 9.97 Å². The lowest BCUT2D eigenvalue weighted by Gasteiger charge is -2.23. The molecule has 0 aliphatic rings. The fourth-order valence-corrected chi connectivity index (χ4v) is 3.13. The summed E-state index contributed by atoms with van der Waals surface area (Å²) in [6.07, 6.45) is 4.27. The van der Waals surface area contributed by atoms with Crippen LogP contribution in [0.2, 0.25) is 0 Å². The first-order valence-corrected chi connectivity index (χ1v) is 8.78. The lowest BCUT2D eigenvalue weighted by molar-refractivity contribution is 0.0744. The molecule has 1 aromatic carbocycles. The van der Waals surface area contributed by atoms with Gasteiger partial charge in [0.05, 0.1) is 11.2 Å². The smallest absolute Gasteiger partial charge is 0.254 e. The molecule has 0 atom stereocenters. The Kier molecular flexibility index (Phi) is 5.33. The average molecular weight is 337 g/mol. The van der Waals surface area contributed by atoms with Crippen molar-refractivity contribution in [3.05, 3.63) is 82.1 Å². The first-order chi connectivity index (χ1) is 11.7. The first kappa shape index (κ1) is 16.3. The molecule has 0 unspecified atom stereocenters. The molecule has 0 spiro atoms. The van der Waals surface area contributed by atoms with Crippen LogP contribution in [0.3, 0.4) is 0 Å². The van der Waals surface area contributed by atoms with Crippen LogP contribution in [0.4, 0.5) is 0 Å². The average Bonchev–Trinajstić information content (AvgIpc) is 3.12. The van der Waals surface area contributed by atoms with Gasteiger partial charge >= 0.3 is 0 Å². The zero-order valence-corrected chi connectivity index (χ0v) is 14.4. The molecule has 0 fully saturated rings. The monoisotopic (exact) mass is 337 g/mol. The number of hydrogen-bond donors (Lipinski definition) is 0. The van der Waals surface area contributed by atoms with E-state index in [4.69, 9.17) is 0 Å². The summed E-state index contributed by atoms with van der Waals surface area (Å²) >= 11 is 1.58. The minimum absolute atomic E-state index is 0.0470. The Labute approximate surface area is 145 Å². The molecular formula is C19H19N3OS. The van der Waals surface area contributed by atoms with E-state index < -0.39 is 0 Å². The van der Waals surface area contributed by atoms with Gasteiger partial charge in [0.25, 0.3) is 5.91 Å². The predicted molar refractivity (Wildman–Crippen MR) is 96.0 cm³/mol. The molecule has 4 nitrogen and oxygen atoms in total. The molecule has 122 valence electrons. The van der Waals surface area contributed by atoms with E-state index >= 15 is 0 Å². The Hall–Kier alpha value is -2.53. The van der Waals surface area contributed by atoms with E-state index in [1.54, 1.807) is 23.7 Å². The zero-order valence-electron chi connectivity index (χ0n) is 13.6. The van der Waals surface area contributed by atoms with Gasteiger partial charge in [0.1, 0.15) is 0 Å². The van der Waals surface area contributed by atoms with E-state index in [1.807, 2.05) is 59.1 Å². The number of nitrogens with zero attached hydrogens (tertiary/aromatic N) is 3. The van der Waals surface area contributed by atoms with Gasteiger partial charge in [0.2, 0.25) is 0 Å². The van der Waals surface area contributed by atoms with Crippen molar-refractivity contribution in [1.29, 1.82) is 0 Å². The maximum Gasteiger partial charge on any atom is 0.254 e. The molecule has 0 aliphatic heterocycles. The molecule has 2 aromatic heterocycles. The molecule has 0 bridgehead atoms. The number of benzene rings is 1. The Morgan fingerprint density at radius 3 is 2.75 bits per heavy atom. The summed E-state index contributed by atoms with van der Waals surface area (Å²) in [4.78, 5) is 23.2. The van der Waals surface area contributed by atoms with Crippen molar-refractivity contribution < 1.29 is 4.79 Å². The number of rotatable bonds is 6. The van der Waals surface area contributed by atoms with Crippen LogP contribution < -0.4 is 0 Å². The van der Waals surface area contributed by atoms with Gasteiger partial charge in [-0.1, -0.05) is 17.7 Å². The molecule has 2 heterocycles. The highest BCUT2D eigenvalue weighted by Gasteiger charge is 2.16. The zero-order chi connectivity index (χ0) is 16.8. The minimum Gasteiger partial charge on any atom is -0.334 e. The molecule has 5 heteroatoms. The van der Waals surface area contributed by atoms with Crippen molar-refractivity contribution in [3.63, 3.8) is 0 Å². The quantitative estimate of drug-likeness (QED) is 0.688. The Morgan fingerprint density at radius 1 is 1.21 bits per heavy atom. The van der Waals surface area contributed by atoms with Gasteiger partial charge in [0.15, 0.2) is 0 Å². The van der Waals surface area contributed by atoms with Crippen LogP contribution in [0.25, 0.3) is 0 Å². The van der Waals surface area contributed by atoms with E-state index in [-0.39, 0.29) is 5.91 Å². The Morgan fingerprint density at radius 2 is 2.04 bits per heavy atom. The molecule has 0 saturated heterocycles. The van der Waals surface area contributed by atoms with Crippen molar-refractivity contribution in [3.8, 4) is 0 Å². The number of carbonyl (C=O) groups is 1. The summed E-state index contributed by atoms with van der Waals surface area (Å²) in [6, 6.07) is 11.6. The van der Waals surface area contributed by atoms with Gasteiger partial charge in [-0.15, -0.1) is 11.3 Å². The summed E-state index contributed by atoms with van der Waals surface area (Å²) in [5, 5.41) is 2.03. The SMILES string of the molecule is Cc1cccc(C(=O)N(CCc2cscn2)Cc2ccncc2)c1. The Bertz CT molecular complexity index is 787. The molecule has 0 aliphatic carbocycles. The van der Waals surface area contributed by atoms with Gasteiger partial charge in [-0.05, 0) is 36.8 Å². The molecule has 0 radical (unpaired) electrons. The highest BCUT2D eigenvalue weighted by atomic mass is 32.1. The maximum atomic E-state index is 13.0. The first-order valence-electron chi connectivity index (χ1n) is 7.84. The van der Waals surface area contributed by atoms with Crippen molar-refractivity contribution in [2.75, 3.05) is 6.54 Å². The van der Waals surface area contributed by atoms with E-state index in [1.165, 1.54) is 0 Å². The van der Waals surface area contributed by atoms with Crippen LogP contribution in [0.5, 0.6) is 0 Å². The fourth-order valence-electron chi connectivity index (χ4n) is 2.53. The van der Waals surface area contributed by atoms with Gasteiger partial charge in [-0.25, -0.2) is 4.98 Å². The molecule has 3 rings (SSSR count). The predicted octanol–water partition coefficient (Wildman–Crippen LogP) is 3.73. The number of thiazole rings is 1. The molecule has 0 saturated carbocycles. The summed E-state index contributed by atoms with van der Waals surface area (Å²) in [6.45, 7) is 3.21. The third-order valence-corrected chi connectivity index (χ3v) is 4.43. The Balaban J connectivity index is 1.78. The number of pyridine rings is 1. The van der Waals surface area contributed by atoms with Crippen molar-refractivity contribution >= 4 is 17.2 Å². The van der Waals surface area contributed by atoms with E-state index in [9.17, 15) is 4.79 Å². The molecule has 3 aromatic rings. The molecule has 0 N–H and O–H groups in total. The van der Waals surface area contributed by atoms with Gasteiger partial charge < -0.3 is 4.90 Å². The fraction of sp³-hybridized carbons (Fsp3) is 0.211. The van der Waals surface area contributed by atoms with Crippen LogP contribution in [0.15, 0.2) is 59.7 Å².